The Balaban J connectivity index is 1.55. The second-order valence-corrected chi connectivity index (χ2v) is 7.21. The fourth-order valence-corrected chi connectivity index (χ4v) is 3.57. The van der Waals surface area contributed by atoms with Crippen LogP contribution in [-0.2, 0) is 4.74 Å². The zero-order valence-corrected chi connectivity index (χ0v) is 16.6. The van der Waals surface area contributed by atoms with Gasteiger partial charge in [-0.3, -0.25) is 4.90 Å². The molecule has 1 fully saturated rings. The van der Waals surface area contributed by atoms with Crippen LogP contribution in [0, 0.1) is 11.3 Å². The van der Waals surface area contributed by atoms with Crippen LogP contribution in [0.4, 0.5) is 5.88 Å². The molecular formula is C22H21ClN4O2. The lowest BCUT2D eigenvalue weighted by Crippen LogP contribution is -2.41. The average molecular weight is 409 g/mol. The van der Waals surface area contributed by atoms with Crippen molar-refractivity contribution in [3.63, 3.8) is 0 Å². The molecule has 3 aromatic rings. The van der Waals surface area contributed by atoms with Gasteiger partial charge in [-0.15, -0.1) is 0 Å². The number of oxazole rings is 1. The summed E-state index contributed by atoms with van der Waals surface area (Å²) in [6.07, 6.45) is 0. The number of benzene rings is 2. The van der Waals surface area contributed by atoms with Crippen molar-refractivity contribution in [2.75, 3.05) is 38.2 Å². The topological polar surface area (TPSA) is 74.3 Å². The number of halogens is 1. The first kappa shape index (κ1) is 19.5. The van der Waals surface area contributed by atoms with Crippen molar-refractivity contribution < 1.29 is 9.15 Å². The number of anilines is 1. The van der Waals surface area contributed by atoms with Crippen LogP contribution in [-0.4, -0.2) is 42.7 Å². The fraction of sp³-hybridized carbons (Fsp3) is 0.273. The third-order valence-electron chi connectivity index (χ3n) is 4.95. The summed E-state index contributed by atoms with van der Waals surface area (Å²) in [5.74, 6) is 0.773. The van der Waals surface area contributed by atoms with Gasteiger partial charge in [-0.1, -0.05) is 41.9 Å². The molecule has 148 valence electrons. The third kappa shape index (κ3) is 4.60. The van der Waals surface area contributed by atoms with Crippen molar-refractivity contribution in [2.24, 2.45) is 0 Å². The molecule has 1 unspecified atom stereocenters. The van der Waals surface area contributed by atoms with E-state index in [1.54, 1.807) is 12.1 Å². The zero-order chi connectivity index (χ0) is 20.1. The van der Waals surface area contributed by atoms with Gasteiger partial charge in [-0.05, 0) is 29.8 Å². The number of hydrogen-bond acceptors (Lipinski definition) is 6. The van der Waals surface area contributed by atoms with Crippen LogP contribution in [0.25, 0.3) is 11.5 Å². The Kier molecular flexibility index (Phi) is 6.11. The van der Waals surface area contributed by atoms with E-state index in [1.165, 1.54) is 5.56 Å². The lowest BCUT2D eigenvalue weighted by Gasteiger charge is -2.34. The maximum absolute atomic E-state index is 9.49. The molecule has 4 rings (SSSR count). The molecule has 6 nitrogen and oxygen atoms in total. The van der Waals surface area contributed by atoms with Crippen LogP contribution in [0.5, 0.6) is 0 Å². The third-order valence-corrected chi connectivity index (χ3v) is 5.20. The molecule has 0 aliphatic carbocycles. The zero-order valence-electron chi connectivity index (χ0n) is 15.8. The number of aromatic nitrogens is 1. The molecule has 1 saturated heterocycles. The molecule has 2 heterocycles. The van der Waals surface area contributed by atoms with Crippen LogP contribution in [0.2, 0.25) is 5.02 Å². The Morgan fingerprint density at radius 3 is 2.52 bits per heavy atom. The van der Waals surface area contributed by atoms with Gasteiger partial charge in [0.1, 0.15) is 6.07 Å². The van der Waals surface area contributed by atoms with Gasteiger partial charge in [0.2, 0.25) is 17.5 Å². The van der Waals surface area contributed by atoms with E-state index in [9.17, 15) is 5.26 Å². The Labute approximate surface area is 174 Å². The maximum atomic E-state index is 9.49. The SMILES string of the molecule is N#Cc1nc(-c2ccc(Cl)cc2)oc1NCC(c1ccccc1)N1CCOCC1. The van der Waals surface area contributed by atoms with Gasteiger partial charge in [-0.25, -0.2) is 0 Å². The lowest BCUT2D eigenvalue weighted by atomic mass is 10.0. The molecule has 2 aromatic carbocycles. The molecule has 7 heteroatoms. The molecule has 1 atom stereocenters. The van der Waals surface area contributed by atoms with Crippen molar-refractivity contribution >= 4 is 17.5 Å². The highest BCUT2D eigenvalue weighted by atomic mass is 35.5. The molecule has 0 bridgehead atoms. The molecular weight excluding hydrogens is 388 g/mol. The van der Waals surface area contributed by atoms with Crippen molar-refractivity contribution in [1.82, 2.24) is 9.88 Å². The van der Waals surface area contributed by atoms with Crippen LogP contribution in [0.3, 0.4) is 0 Å². The Hall–Kier alpha value is -2.85. The number of ether oxygens (including phenoxy) is 1. The predicted octanol–water partition coefficient (Wildman–Crippen LogP) is 4.35. The summed E-state index contributed by atoms with van der Waals surface area (Å²) in [5.41, 5.74) is 2.22. The highest BCUT2D eigenvalue weighted by Gasteiger charge is 2.24. The molecule has 1 N–H and O–H groups in total. The van der Waals surface area contributed by atoms with Crippen molar-refractivity contribution in [1.29, 1.82) is 5.26 Å². The molecule has 0 radical (unpaired) electrons. The normalized spacial score (nSPS) is 15.6. The largest absolute Gasteiger partial charge is 0.419 e. The van der Waals surface area contributed by atoms with Crippen molar-refractivity contribution in [3.8, 4) is 17.5 Å². The van der Waals surface area contributed by atoms with E-state index < -0.39 is 0 Å². The van der Waals surface area contributed by atoms with Gasteiger partial charge in [0.05, 0.1) is 19.3 Å². The summed E-state index contributed by atoms with van der Waals surface area (Å²) in [6, 6.07) is 19.7. The summed E-state index contributed by atoms with van der Waals surface area (Å²) in [6.45, 7) is 3.75. The van der Waals surface area contributed by atoms with Gasteiger partial charge in [0.25, 0.3) is 0 Å². The van der Waals surface area contributed by atoms with Crippen LogP contribution >= 0.6 is 11.6 Å². The fourth-order valence-electron chi connectivity index (χ4n) is 3.44. The smallest absolute Gasteiger partial charge is 0.232 e. The van der Waals surface area contributed by atoms with Gasteiger partial charge in [0.15, 0.2) is 0 Å². The number of nitriles is 1. The minimum absolute atomic E-state index is 0.135. The van der Waals surface area contributed by atoms with Gasteiger partial charge in [0, 0.05) is 30.2 Å². The summed E-state index contributed by atoms with van der Waals surface area (Å²) in [7, 11) is 0. The van der Waals surface area contributed by atoms with Gasteiger partial charge in [-0.2, -0.15) is 10.2 Å². The second-order valence-electron chi connectivity index (χ2n) is 6.77. The maximum Gasteiger partial charge on any atom is 0.232 e. The predicted molar refractivity (Wildman–Crippen MR) is 112 cm³/mol. The Morgan fingerprint density at radius 2 is 1.83 bits per heavy atom. The lowest BCUT2D eigenvalue weighted by molar-refractivity contribution is 0.0186. The van der Waals surface area contributed by atoms with Gasteiger partial charge >= 0.3 is 0 Å². The first-order valence-electron chi connectivity index (χ1n) is 9.52. The second kappa shape index (κ2) is 9.10. The monoisotopic (exact) mass is 408 g/mol. The average Bonchev–Trinajstić information content (AvgIpc) is 3.19. The molecule has 0 saturated carbocycles. The van der Waals surface area contributed by atoms with E-state index in [-0.39, 0.29) is 11.7 Å². The highest BCUT2D eigenvalue weighted by Crippen LogP contribution is 2.28. The minimum Gasteiger partial charge on any atom is -0.419 e. The van der Waals surface area contributed by atoms with Gasteiger partial charge < -0.3 is 14.5 Å². The Morgan fingerprint density at radius 1 is 1.10 bits per heavy atom. The van der Waals surface area contributed by atoms with Crippen molar-refractivity contribution in [3.05, 3.63) is 70.9 Å². The highest BCUT2D eigenvalue weighted by molar-refractivity contribution is 6.30. The minimum atomic E-state index is 0.135. The van der Waals surface area contributed by atoms with E-state index in [0.717, 1.165) is 31.9 Å². The molecule has 1 aromatic heterocycles. The first-order valence-corrected chi connectivity index (χ1v) is 9.90. The summed E-state index contributed by atoms with van der Waals surface area (Å²) in [5, 5.41) is 13.4. The number of morpholine rings is 1. The van der Waals surface area contributed by atoms with E-state index in [2.05, 4.69) is 33.4 Å². The number of nitrogens with one attached hydrogen (secondary N) is 1. The molecule has 0 amide bonds. The first-order chi connectivity index (χ1) is 14.2. The van der Waals surface area contributed by atoms with Crippen LogP contribution < -0.4 is 5.32 Å². The van der Waals surface area contributed by atoms with E-state index >= 15 is 0 Å². The Bertz CT molecular complexity index is 976. The molecule has 1 aliphatic heterocycles. The number of hydrogen-bond donors (Lipinski definition) is 1. The summed E-state index contributed by atoms with van der Waals surface area (Å²) >= 11 is 5.95. The number of nitrogens with zero attached hydrogens (tertiary/aromatic N) is 3. The summed E-state index contributed by atoms with van der Waals surface area (Å²) in [4.78, 5) is 6.71. The number of rotatable bonds is 6. The van der Waals surface area contributed by atoms with E-state index in [1.807, 2.05) is 30.3 Å². The standard InChI is InChI=1S/C22H21ClN4O2/c23-18-8-6-17(7-9-18)21-26-19(14-24)22(29-21)25-15-20(16-4-2-1-3-5-16)27-10-12-28-13-11-27/h1-9,20,25H,10-13,15H2. The molecule has 29 heavy (non-hydrogen) atoms. The molecule has 1 aliphatic rings. The summed E-state index contributed by atoms with van der Waals surface area (Å²) < 4.78 is 11.4. The van der Waals surface area contributed by atoms with Crippen LogP contribution in [0.1, 0.15) is 17.3 Å². The van der Waals surface area contributed by atoms with E-state index in [4.69, 9.17) is 20.8 Å². The van der Waals surface area contributed by atoms with E-state index in [0.29, 0.717) is 23.3 Å². The molecule has 0 spiro atoms. The van der Waals surface area contributed by atoms with Crippen LogP contribution in [0.15, 0.2) is 59.0 Å². The van der Waals surface area contributed by atoms with Crippen molar-refractivity contribution in [2.45, 2.75) is 6.04 Å². The quantitative estimate of drug-likeness (QED) is 0.653.